The van der Waals surface area contributed by atoms with Gasteiger partial charge in [0.2, 0.25) is 5.76 Å². The highest BCUT2D eigenvalue weighted by Crippen LogP contribution is 2.42. The predicted molar refractivity (Wildman–Crippen MR) is 109 cm³/mol. The van der Waals surface area contributed by atoms with E-state index in [2.05, 4.69) is 5.16 Å². The van der Waals surface area contributed by atoms with Crippen LogP contribution in [0.5, 0.6) is 0 Å². The Bertz CT molecular complexity index is 1410. The average Bonchev–Trinajstić information content (AvgIpc) is 3.26. The molecule has 0 aliphatic carbocycles. The number of aromatic nitrogens is 1. The van der Waals surface area contributed by atoms with E-state index in [1.807, 2.05) is 0 Å². The highest BCUT2D eigenvalue weighted by Gasteiger charge is 2.45. The Morgan fingerprint density at radius 2 is 1.87 bits per heavy atom. The van der Waals surface area contributed by atoms with Crippen molar-refractivity contribution >= 4 is 45.9 Å². The first-order valence-electron chi connectivity index (χ1n) is 8.83. The molecule has 0 N–H and O–H groups in total. The Morgan fingerprint density at radius 1 is 1.07 bits per heavy atom. The molecular weight excluding hydrogens is 434 g/mol. The van der Waals surface area contributed by atoms with Crippen LogP contribution in [-0.4, -0.2) is 11.1 Å². The molecular formula is C21H11Cl2FN2O4. The van der Waals surface area contributed by atoms with E-state index in [0.717, 1.165) is 12.1 Å². The number of nitrogens with zero attached hydrogens (tertiary/aromatic N) is 2. The zero-order valence-corrected chi connectivity index (χ0v) is 16.8. The third-order valence-electron chi connectivity index (χ3n) is 4.95. The lowest BCUT2D eigenvalue weighted by molar-refractivity contribution is 0.0969. The number of rotatable bonds is 2. The quantitative estimate of drug-likeness (QED) is 0.420. The van der Waals surface area contributed by atoms with Crippen molar-refractivity contribution in [1.82, 2.24) is 5.16 Å². The molecule has 2 aromatic heterocycles. The van der Waals surface area contributed by atoms with Gasteiger partial charge >= 0.3 is 0 Å². The van der Waals surface area contributed by atoms with Crippen LogP contribution in [0.25, 0.3) is 11.0 Å². The van der Waals surface area contributed by atoms with Crippen LogP contribution in [0.2, 0.25) is 10.0 Å². The fourth-order valence-electron chi connectivity index (χ4n) is 3.65. The molecule has 0 saturated heterocycles. The van der Waals surface area contributed by atoms with Crippen molar-refractivity contribution in [3.05, 3.63) is 91.2 Å². The largest absolute Gasteiger partial charge is 0.450 e. The second-order valence-electron chi connectivity index (χ2n) is 6.86. The maximum Gasteiger partial charge on any atom is 0.296 e. The van der Waals surface area contributed by atoms with Crippen molar-refractivity contribution in [2.45, 2.75) is 13.0 Å². The first-order chi connectivity index (χ1) is 14.3. The van der Waals surface area contributed by atoms with Gasteiger partial charge in [0.05, 0.1) is 27.0 Å². The van der Waals surface area contributed by atoms with E-state index in [1.54, 1.807) is 31.2 Å². The van der Waals surface area contributed by atoms with Gasteiger partial charge in [0.15, 0.2) is 11.2 Å². The maximum absolute atomic E-state index is 13.8. The monoisotopic (exact) mass is 444 g/mol. The topological polar surface area (TPSA) is 76.6 Å². The van der Waals surface area contributed by atoms with E-state index < -0.39 is 23.2 Å². The fourth-order valence-corrected chi connectivity index (χ4v) is 3.95. The predicted octanol–water partition coefficient (Wildman–Crippen LogP) is 5.29. The number of carbonyl (C=O) groups excluding carboxylic acids is 1. The molecule has 0 radical (unpaired) electrons. The molecule has 150 valence electrons. The molecule has 4 aromatic rings. The molecule has 30 heavy (non-hydrogen) atoms. The number of fused-ring (bicyclic) bond motifs is 2. The minimum Gasteiger partial charge on any atom is -0.450 e. The number of aryl methyl sites for hydroxylation is 1. The Balaban J connectivity index is 1.84. The lowest BCUT2D eigenvalue weighted by Crippen LogP contribution is -2.29. The summed E-state index contributed by atoms with van der Waals surface area (Å²) in [5.74, 6) is -0.620. The van der Waals surface area contributed by atoms with Crippen LogP contribution < -0.4 is 10.3 Å². The average molecular weight is 445 g/mol. The second-order valence-corrected chi connectivity index (χ2v) is 7.68. The molecule has 1 aliphatic rings. The highest BCUT2D eigenvalue weighted by atomic mass is 35.5. The first kappa shape index (κ1) is 18.8. The number of carbonyl (C=O) groups is 1. The van der Waals surface area contributed by atoms with Crippen molar-refractivity contribution in [1.29, 1.82) is 0 Å². The minimum absolute atomic E-state index is 0.0322. The SMILES string of the molecule is Cc1cc(N2C(=O)c3oc4ccc(F)cc4c(=O)c3[C@@H]2c2ccc(Cl)c(Cl)c2)no1. The molecule has 1 atom stereocenters. The van der Waals surface area contributed by atoms with E-state index in [-0.39, 0.29) is 33.1 Å². The number of benzene rings is 2. The van der Waals surface area contributed by atoms with Crippen LogP contribution in [0.4, 0.5) is 10.2 Å². The van der Waals surface area contributed by atoms with E-state index in [0.29, 0.717) is 16.3 Å². The smallest absolute Gasteiger partial charge is 0.296 e. The zero-order valence-electron chi connectivity index (χ0n) is 15.3. The van der Waals surface area contributed by atoms with Gasteiger partial charge in [-0.1, -0.05) is 34.4 Å². The summed E-state index contributed by atoms with van der Waals surface area (Å²) in [6.45, 7) is 1.68. The molecule has 0 spiro atoms. The van der Waals surface area contributed by atoms with Crippen molar-refractivity contribution in [3.63, 3.8) is 0 Å². The molecule has 5 rings (SSSR count). The Labute approximate surface area is 178 Å². The van der Waals surface area contributed by atoms with Gasteiger partial charge in [-0.05, 0) is 42.8 Å². The third-order valence-corrected chi connectivity index (χ3v) is 5.69. The summed E-state index contributed by atoms with van der Waals surface area (Å²) >= 11 is 12.2. The lowest BCUT2D eigenvalue weighted by atomic mass is 9.98. The summed E-state index contributed by atoms with van der Waals surface area (Å²) in [5, 5.41) is 4.53. The minimum atomic E-state index is -0.907. The Kier molecular flexibility index (Phi) is 4.20. The molecule has 0 fully saturated rings. The summed E-state index contributed by atoms with van der Waals surface area (Å²) < 4.78 is 24.7. The highest BCUT2D eigenvalue weighted by molar-refractivity contribution is 6.42. The molecule has 3 heterocycles. The molecule has 0 unspecified atom stereocenters. The number of halogens is 3. The Morgan fingerprint density at radius 3 is 2.57 bits per heavy atom. The molecule has 0 bridgehead atoms. The summed E-state index contributed by atoms with van der Waals surface area (Å²) in [6, 6.07) is 9.00. The van der Waals surface area contributed by atoms with Crippen molar-refractivity contribution < 1.29 is 18.1 Å². The van der Waals surface area contributed by atoms with Crippen LogP contribution in [-0.2, 0) is 0 Å². The van der Waals surface area contributed by atoms with Crippen LogP contribution in [0.3, 0.4) is 0 Å². The van der Waals surface area contributed by atoms with E-state index >= 15 is 0 Å². The van der Waals surface area contributed by atoms with Gasteiger partial charge < -0.3 is 8.94 Å². The summed E-state index contributed by atoms with van der Waals surface area (Å²) in [5.41, 5.74) is 0.176. The molecule has 1 aliphatic heterocycles. The van der Waals surface area contributed by atoms with Crippen molar-refractivity contribution in [3.8, 4) is 0 Å². The van der Waals surface area contributed by atoms with Gasteiger partial charge in [-0.25, -0.2) is 4.39 Å². The maximum atomic E-state index is 13.8. The van der Waals surface area contributed by atoms with E-state index in [1.165, 1.54) is 11.0 Å². The summed E-state index contributed by atoms with van der Waals surface area (Å²) in [7, 11) is 0. The standard InChI is InChI=1S/C21H11Cl2FN2O4/c1-9-6-16(25-30-9)26-18(10-2-4-13(22)14(23)7-10)17-19(27)12-8-11(24)3-5-15(12)29-20(17)21(26)28/h2-8,18H,1H3/t18-/m0/s1. The third kappa shape index (κ3) is 2.74. The second kappa shape index (κ2) is 6.68. The van der Waals surface area contributed by atoms with Gasteiger partial charge in [-0.2, -0.15) is 0 Å². The van der Waals surface area contributed by atoms with Gasteiger partial charge in [0.1, 0.15) is 17.2 Å². The molecule has 1 amide bonds. The van der Waals surface area contributed by atoms with E-state index in [4.69, 9.17) is 32.1 Å². The van der Waals surface area contributed by atoms with Gasteiger partial charge in [0, 0.05) is 6.07 Å². The normalized spacial score (nSPS) is 15.8. The van der Waals surface area contributed by atoms with Crippen LogP contribution in [0.1, 0.15) is 33.5 Å². The molecule has 2 aromatic carbocycles. The molecule has 0 saturated carbocycles. The number of hydrogen-bond donors (Lipinski definition) is 0. The van der Waals surface area contributed by atoms with Crippen LogP contribution in [0, 0.1) is 12.7 Å². The van der Waals surface area contributed by atoms with Crippen molar-refractivity contribution in [2.24, 2.45) is 0 Å². The van der Waals surface area contributed by atoms with Gasteiger partial charge in [-0.3, -0.25) is 14.5 Å². The zero-order chi connectivity index (χ0) is 21.2. The first-order valence-corrected chi connectivity index (χ1v) is 9.59. The lowest BCUT2D eigenvalue weighted by Gasteiger charge is -2.22. The molecule has 9 heteroatoms. The number of hydrogen-bond acceptors (Lipinski definition) is 5. The van der Waals surface area contributed by atoms with Crippen molar-refractivity contribution in [2.75, 3.05) is 4.90 Å². The summed E-state index contributed by atoms with van der Waals surface area (Å²) in [4.78, 5) is 27.9. The van der Waals surface area contributed by atoms with Gasteiger partial charge in [-0.15, -0.1) is 0 Å². The summed E-state index contributed by atoms with van der Waals surface area (Å²) in [6.07, 6.45) is 0. The molecule has 6 nitrogen and oxygen atoms in total. The van der Waals surface area contributed by atoms with Crippen LogP contribution in [0.15, 0.2) is 56.2 Å². The number of anilines is 1. The van der Waals surface area contributed by atoms with Gasteiger partial charge in [0.25, 0.3) is 5.91 Å². The number of amides is 1. The van der Waals surface area contributed by atoms with E-state index in [9.17, 15) is 14.0 Å². The Hall–Kier alpha value is -3.16. The fraction of sp³-hybridized carbons (Fsp3) is 0.0952. The van der Waals surface area contributed by atoms with Crippen LogP contribution >= 0.6 is 23.2 Å².